The van der Waals surface area contributed by atoms with E-state index in [-0.39, 0.29) is 24.0 Å². The molecule has 1 heterocycles. The smallest absolute Gasteiger partial charge is 0.272 e. The number of rotatable bonds is 5. The second-order valence-electron chi connectivity index (χ2n) is 5.84. The van der Waals surface area contributed by atoms with Crippen molar-refractivity contribution in [3.8, 4) is 11.3 Å². The van der Waals surface area contributed by atoms with Crippen molar-refractivity contribution >= 4 is 11.6 Å². The molecular weight excluding hydrogens is 351 g/mol. The van der Waals surface area contributed by atoms with Gasteiger partial charge in [-0.2, -0.15) is 0 Å². The maximum absolute atomic E-state index is 13.0. The van der Waals surface area contributed by atoms with E-state index >= 15 is 0 Å². The van der Waals surface area contributed by atoms with Crippen LogP contribution >= 0.6 is 0 Å². The second kappa shape index (κ2) is 7.69. The van der Waals surface area contributed by atoms with Crippen molar-refractivity contribution in [2.24, 2.45) is 0 Å². The Balaban J connectivity index is 1.70. The van der Waals surface area contributed by atoms with Gasteiger partial charge in [0, 0.05) is 22.8 Å². The lowest BCUT2D eigenvalue weighted by Crippen LogP contribution is -2.23. The van der Waals surface area contributed by atoms with Gasteiger partial charge in [0.2, 0.25) is 0 Å². The molecule has 0 unspecified atom stereocenters. The molecule has 0 aliphatic rings. The number of nitrogens with zero attached hydrogens (tertiary/aromatic N) is 3. The molecule has 0 fully saturated rings. The molecule has 0 aliphatic carbocycles. The molecule has 1 N–H and O–H groups in total. The molecule has 0 aliphatic heterocycles. The summed E-state index contributed by atoms with van der Waals surface area (Å²) in [6.45, 7) is 1.74. The van der Waals surface area contributed by atoms with Gasteiger partial charge in [-0.25, -0.2) is 14.4 Å². The highest BCUT2D eigenvalue weighted by molar-refractivity contribution is 5.94. The Morgan fingerprint density at radius 3 is 2.56 bits per heavy atom. The summed E-state index contributed by atoms with van der Waals surface area (Å²) in [5.41, 5.74) is 2.62. The largest absolute Gasteiger partial charge is 0.346 e. The first-order chi connectivity index (χ1) is 12.9. The number of benzene rings is 2. The van der Waals surface area contributed by atoms with Crippen LogP contribution in [0, 0.1) is 22.9 Å². The summed E-state index contributed by atoms with van der Waals surface area (Å²) >= 11 is 0. The standard InChI is InChI=1S/C19H15FN4O3/c1-12-8-14(4-7-18(12)24(26)27)19(25)21-10-16-9-17(23-11-22-16)13-2-5-15(20)6-3-13/h2-9,11H,10H2,1H3,(H,21,25). The zero-order chi connectivity index (χ0) is 19.4. The van der Waals surface area contributed by atoms with Crippen LogP contribution in [0.3, 0.4) is 0 Å². The fourth-order valence-corrected chi connectivity index (χ4v) is 2.55. The van der Waals surface area contributed by atoms with E-state index < -0.39 is 4.92 Å². The average molecular weight is 366 g/mol. The molecule has 0 bridgehead atoms. The summed E-state index contributed by atoms with van der Waals surface area (Å²) in [6.07, 6.45) is 1.37. The number of aromatic nitrogens is 2. The van der Waals surface area contributed by atoms with Crippen molar-refractivity contribution < 1.29 is 14.1 Å². The van der Waals surface area contributed by atoms with E-state index in [1.807, 2.05) is 0 Å². The number of nitrogens with one attached hydrogen (secondary N) is 1. The number of nitro benzene ring substituents is 1. The number of carbonyl (C=O) groups is 1. The SMILES string of the molecule is Cc1cc(C(=O)NCc2cc(-c3ccc(F)cc3)ncn2)ccc1[N+](=O)[O-]. The number of aryl methyl sites for hydroxylation is 1. The Morgan fingerprint density at radius 1 is 1.15 bits per heavy atom. The van der Waals surface area contributed by atoms with E-state index in [0.717, 1.165) is 5.56 Å². The number of amides is 1. The van der Waals surface area contributed by atoms with Gasteiger partial charge >= 0.3 is 0 Å². The van der Waals surface area contributed by atoms with Gasteiger partial charge in [0.15, 0.2) is 0 Å². The van der Waals surface area contributed by atoms with Crippen LogP contribution in [0.25, 0.3) is 11.3 Å². The monoisotopic (exact) mass is 366 g/mol. The third-order valence-electron chi connectivity index (χ3n) is 3.95. The molecule has 7 nitrogen and oxygen atoms in total. The summed E-state index contributed by atoms with van der Waals surface area (Å²) in [6, 6.07) is 11.8. The quantitative estimate of drug-likeness (QED) is 0.551. The molecule has 27 heavy (non-hydrogen) atoms. The van der Waals surface area contributed by atoms with E-state index in [9.17, 15) is 19.3 Å². The van der Waals surface area contributed by atoms with Gasteiger partial charge in [-0.05, 0) is 49.4 Å². The van der Waals surface area contributed by atoms with Gasteiger partial charge in [-0.1, -0.05) is 0 Å². The molecule has 1 amide bonds. The van der Waals surface area contributed by atoms with E-state index in [2.05, 4.69) is 15.3 Å². The zero-order valence-electron chi connectivity index (χ0n) is 14.3. The number of carbonyl (C=O) groups excluding carboxylic acids is 1. The van der Waals surface area contributed by atoms with E-state index in [1.165, 1.54) is 36.7 Å². The van der Waals surface area contributed by atoms with Crippen LogP contribution in [0.5, 0.6) is 0 Å². The van der Waals surface area contributed by atoms with Gasteiger partial charge in [-0.15, -0.1) is 0 Å². The van der Waals surface area contributed by atoms with Gasteiger partial charge in [-0.3, -0.25) is 14.9 Å². The first-order valence-electron chi connectivity index (χ1n) is 8.04. The number of halogens is 1. The van der Waals surface area contributed by atoms with Crippen LogP contribution in [0.4, 0.5) is 10.1 Å². The maximum Gasteiger partial charge on any atom is 0.272 e. The molecule has 0 spiro atoms. The third-order valence-corrected chi connectivity index (χ3v) is 3.95. The molecule has 2 aromatic carbocycles. The number of hydrogen-bond donors (Lipinski definition) is 1. The fraction of sp³-hybridized carbons (Fsp3) is 0.105. The lowest BCUT2D eigenvalue weighted by molar-refractivity contribution is -0.385. The molecular formula is C19H15FN4O3. The third kappa shape index (κ3) is 4.30. The predicted octanol–water partition coefficient (Wildman–Crippen LogP) is 3.43. The van der Waals surface area contributed by atoms with E-state index in [0.29, 0.717) is 22.5 Å². The summed E-state index contributed by atoms with van der Waals surface area (Å²) in [5, 5.41) is 13.6. The van der Waals surface area contributed by atoms with Crippen LogP contribution < -0.4 is 5.32 Å². The molecule has 8 heteroatoms. The molecule has 0 radical (unpaired) electrons. The van der Waals surface area contributed by atoms with Crippen LogP contribution in [-0.4, -0.2) is 20.8 Å². The Labute approximate surface area is 154 Å². The van der Waals surface area contributed by atoms with Crippen molar-refractivity contribution in [1.82, 2.24) is 15.3 Å². The first kappa shape index (κ1) is 18.1. The number of hydrogen-bond acceptors (Lipinski definition) is 5. The summed E-state index contributed by atoms with van der Waals surface area (Å²) in [7, 11) is 0. The summed E-state index contributed by atoms with van der Waals surface area (Å²) in [4.78, 5) is 30.9. The normalized spacial score (nSPS) is 10.4. The van der Waals surface area contributed by atoms with Gasteiger partial charge in [0.05, 0.1) is 22.9 Å². The molecule has 0 saturated carbocycles. The van der Waals surface area contributed by atoms with Crippen LogP contribution in [0.1, 0.15) is 21.6 Å². The fourth-order valence-electron chi connectivity index (χ4n) is 2.55. The zero-order valence-corrected chi connectivity index (χ0v) is 14.3. The summed E-state index contributed by atoms with van der Waals surface area (Å²) < 4.78 is 13.0. The minimum absolute atomic E-state index is 0.0358. The highest BCUT2D eigenvalue weighted by atomic mass is 19.1. The van der Waals surface area contributed by atoms with Gasteiger partial charge in [0.1, 0.15) is 12.1 Å². The maximum atomic E-state index is 13.0. The topological polar surface area (TPSA) is 98.0 Å². The Hall–Kier alpha value is -3.68. The average Bonchev–Trinajstić information content (AvgIpc) is 2.66. The van der Waals surface area contributed by atoms with Crippen molar-refractivity contribution in [1.29, 1.82) is 0 Å². The highest BCUT2D eigenvalue weighted by Gasteiger charge is 2.14. The van der Waals surface area contributed by atoms with E-state index in [4.69, 9.17) is 0 Å². The van der Waals surface area contributed by atoms with Crippen molar-refractivity contribution in [2.75, 3.05) is 0 Å². The van der Waals surface area contributed by atoms with E-state index in [1.54, 1.807) is 25.1 Å². The minimum Gasteiger partial charge on any atom is -0.346 e. The van der Waals surface area contributed by atoms with Crippen molar-refractivity contribution in [3.63, 3.8) is 0 Å². The summed E-state index contributed by atoms with van der Waals surface area (Å²) in [5.74, 6) is -0.700. The molecule has 3 aromatic rings. The van der Waals surface area contributed by atoms with Gasteiger partial charge < -0.3 is 5.32 Å². The van der Waals surface area contributed by atoms with Crippen molar-refractivity contribution in [3.05, 3.63) is 87.6 Å². The first-order valence-corrected chi connectivity index (χ1v) is 8.04. The Bertz CT molecular complexity index is 1010. The van der Waals surface area contributed by atoms with Gasteiger partial charge in [0.25, 0.3) is 11.6 Å². The molecule has 0 atom stereocenters. The lowest BCUT2D eigenvalue weighted by atomic mass is 10.1. The van der Waals surface area contributed by atoms with Crippen LogP contribution in [0.15, 0.2) is 54.9 Å². The highest BCUT2D eigenvalue weighted by Crippen LogP contribution is 2.19. The Morgan fingerprint density at radius 2 is 1.89 bits per heavy atom. The molecule has 3 rings (SSSR count). The lowest BCUT2D eigenvalue weighted by Gasteiger charge is -2.07. The molecule has 1 aromatic heterocycles. The number of nitro groups is 1. The van der Waals surface area contributed by atoms with Crippen LogP contribution in [0.2, 0.25) is 0 Å². The van der Waals surface area contributed by atoms with Crippen molar-refractivity contribution in [2.45, 2.75) is 13.5 Å². The van der Waals surface area contributed by atoms with Crippen LogP contribution in [-0.2, 0) is 6.54 Å². The molecule has 0 saturated heterocycles. The predicted molar refractivity (Wildman–Crippen MR) is 96.4 cm³/mol. The molecule has 136 valence electrons. The minimum atomic E-state index is -0.491. The second-order valence-corrected chi connectivity index (χ2v) is 5.84. The Kier molecular flexibility index (Phi) is 5.16.